The topological polar surface area (TPSA) is 75.1 Å². The smallest absolute Gasteiger partial charge is 0.348 e. The number of fused-ring (bicyclic) bond motifs is 1. The van der Waals surface area contributed by atoms with Crippen molar-refractivity contribution in [3.05, 3.63) is 22.9 Å². The largest absolute Gasteiger partial charge is 0.367 e. The molecule has 0 unspecified atom stereocenters. The van der Waals surface area contributed by atoms with Gasteiger partial charge in [0.25, 0.3) is 0 Å². The molecule has 3 rings (SSSR count). The third-order valence-corrected chi connectivity index (χ3v) is 3.04. The minimum absolute atomic E-state index is 0.258. The quantitative estimate of drug-likeness (QED) is 0.776. The van der Waals surface area contributed by atoms with Crippen LogP contribution in [0.4, 0.5) is 5.82 Å². The molecule has 6 heteroatoms. The summed E-state index contributed by atoms with van der Waals surface area (Å²) in [5.41, 5.74) is 0.334. The van der Waals surface area contributed by atoms with Gasteiger partial charge in [0.05, 0.1) is 0 Å². The third-order valence-electron chi connectivity index (χ3n) is 3.04. The van der Waals surface area contributed by atoms with E-state index in [-0.39, 0.29) is 5.69 Å². The van der Waals surface area contributed by atoms with E-state index in [2.05, 4.69) is 27.4 Å². The van der Waals surface area contributed by atoms with Crippen LogP contribution in [-0.4, -0.2) is 25.6 Å². The van der Waals surface area contributed by atoms with Gasteiger partial charge in [-0.1, -0.05) is 6.92 Å². The lowest BCUT2D eigenvalue weighted by molar-refractivity contribution is 0.308. The summed E-state index contributed by atoms with van der Waals surface area (Å²) in [5.74, 6) is 1.58. The molecule has 16 heavy (non-hydrogen) atoms. The van der Waals surface area contributed by atoms with Crippen LogP contribution in [0, 0.1) is 5.92 Å². The van der Waals surface area contributed by atoms with Crippen LogP contribution >= 0.6 is 0 Å². The Labute approximate surface area is 91.7 Å². The minimum atomic E-state index is -0.258. The number of hydrogen-bond acceptors (Lipinski definition) is 4. The second-order valence-electron chi connectivity index (χ2n) is 4.45. The molecular formula is C10H13N5O. The number of nitrogens with zero attached hydrogens (tertiary/aromatic N) is 3. The molecule has 6 nitrogen and oxygen atoms in total. The standard InChI is InChI=1S/C10H13N5O/c1-6-2-7(3-6)12-8-4-9-13-14-10(16)15(9)5-11-8/h4-7,12H,2-3H2,1H3,(H,14,16). The van der Waals surface area contributed by atoms with Gasteiger partial charge in [0.15, 0.2) is 5.65 Å². The van der Waals surface area contributed by atoms with Crippen LogP contribution in [0.3, 0.4) is 0 Å². The molecule has 0 saturated heterocycles. The summed E-state index contributed by atoms with van der Waals surface area (Å²) in [5, 5.41) is 9.60. The van der Waals surface area contributed by atoms with E-state index in [1.54, 1.807) is 6.07 Å². The third kappa shape index (κ3) is 1.46. The number of anilines is 1. The van der Waals surface area contributed by atoms with Crippen molar-refractivity contribution in [1.82, 2.24) is 19.6 Å². The molecule has 2 aromatic heterocycles. The minimum Gasteiger partial charge on any atom is -0.367 e. The van der Waals surface area contributed by atoms with E-state index in [1.165, 1.54) is 23.6 Å². The van der Waals surface area contributed by atoms with Crippen molar-refractivity contribution in [3.63, 3.8) is 0 Å². The lowest BCUT2D eigenvalue weighted by Crippen LogP contribution is -2.34. The van der Waals surface area contributed by atoms with Gasteiger partial charge in [-0.2, -0.15) is 5.10 Å². The average molecular weight is 219 g/mol. The van der Waals surface area contributed by atoms with Gasteiger partial charge in [-0.15, -0.1) is 0 Å². The number of aromatic nitrogens is 4. The summed E-state index contributed by atoms with van der Waals surface area (Å²) in [6, 6.07) is 2.29. The van der Waals surface area contributed by atoms with Crippen LogP contribution in [0.15, 0.2) is 17.2 Å². The highest BCUT2D eigenvalue weighted by molar-refractivity contribution is 5.48. The van der Waals surface area contributed by atoms with E-state index in [0.29, 0.717) is 11.7 Å². The maximum Gasteiger partial charge on any atom is 0.348 e. The molecule has 2 heterocycles. The fourth-order valence-corrected chi connectivity index (χ4v) is 2.12. The van der Waals surface area contributed by atoms with Crippen molar-refractivity contribution >= 4 is 11.5 Å². The Morgan fingerprint density at radius 2 is 2.38 bits per heavy atom. The van der Waals surface area contributed by atoms with Crippen molar-refractivity contribution < 1.29 is 0 Å². The number of rotatable bonds is 2. The number of aromatic amines is 1. The molecule has 1 saturated carbocycles. The molecule has 2 aromatic rings. The molecule has 0 radical (unpaired) electrons. The molecule has 0 atom stereocenters. The number of H-pyrrole nitrogens is 1. The van der Waals surface area contributed by atoms with Gasteiger partial charge in [-0.05, 0) is 18.8 Å². The van der Waals surface area contributed by atoms with E-state index in [1.807, 2.05) is 0 Å². The van der Waals surface area contributed by atoms with Gasteiger partial charge in [0.1, 0.15) is 12.1 Å². The van der Waals surface area contributed by atoms with E-state index < -0.39 is 0 Å². The van der Waals surface area contributed by atoms with E-state index in [9.17, 15) is 4.79 Å². The van der Waals surface area contributed by atoms with Crippen molar-refractivity contribution in [2.75, 3.05) is 5.32 Å². The van der Waals surface area contributed by atoms with Gasteiger partial charge in [-0.3, -0.25) is 0 Å². The van der Waals surface area contributed by atoms with Gasteiger partial charge in [0, 0.05) is 12.1 Å². The lowest BCUT2D eigenvalue weighted by atomic mass is 9.82. The fraction of sp³-hybridized carbons (Fsp3) is 0.500. The first kappa shape index (κ1) is 9.38. The van der Waals surface area contributed by atoms with Crippen molar-refractivity contribution in [3.8, 4) is 0 Å². The summed E-state index contributed by atoms with van der Waals surface area (Å²) in [6.07, 6.45) is 3.85. The fourth-order valence-electron chi connectivity index (χ4n) is 2.12. The Morgan fingerprint density at radius 1 is 1.56 bits per heavy atom. The monoisotopic (exact) mass is 219 g/mol. The first-order valence-electron chi connectivity index (χ1n) is 5.41. The zero-order valence-corrected chi connectivity index (χ0v) is 8.97. The van der Waals surface area contributed by atoms with Crippen LogP contribution in [0.5, 0.6) is 0 Å². The molecule has 2 N–H and O–H groups in total. The highest BCUT2D eigenvalue weighted by Gasteiger charge is 2.25. The van der Waals surface area contributed by atoms with Crippen LogP contribution < -0.4 is 11.0 Å². The first-order valence-corrected chi connectivity index (χ1v) is 5.41. The Bertz CT molecular complexity index is 566. The highest BCUT2D eigenvalue weighted by atomic mass is 16.1. The lowest BCUT2D eigenvalue weighted by Gasteiger charge is -2.33. The van der Waals surface area contributed by atoms with Crippen LogP contribution in [-0.2, 0) is 0 Å². The highest BCUT2D eigenvalue weighted by Crippen LogP contribution is 2.28. The van der Waals surface area contributed by atoms with Crippen LogP contribution in [0.25, 0.3) is 5.65 Å². The van der Waals surface area contributed by atoms with Gasteiger partial charge in [-0.25, -0.2) is 19.3 Å². The van der Waals surface area contributed by atoms with E-state index >= 15 is 0 Å². The molecule has 0 aliphatic heterocycles. The molecule has 1 fully saturated rings. The summed E-state index contributed by atoms with van der Waals surface area (Å²) < 4.78 is 1.38. The van der Waals surface area contributed by atoms with Crippen LogP contribution in [0.2, 0.25) is 0 Å². The SMILES string of the molecule is CC1CC(Nc2cc3n[nH]c(=O)n3cn2)C1. The Kier molecular flexibility index (Phi) is 1.95. The Morgan fingerprint density at radius 3 is 3.12 bits per heavy atom. The number of hydrogen-bond donors (Lipinski definition) is 2. The Balaban J connectivity index is 1.85. The molecule has 84 valence electrons. The zero-order valence-electron chi connectivity index (χ0n) is 8.97. The molecule has 0 aromatic carbocycles. The zero-order chi connectivity index (χ0) is 11.1. The molecule has 0 spiro atoms. The van der Waals surface area contributed by atoms with Crippen molar-refractivity contribution in [2.45, 2.75) is 25.8 Å². The first-order chi connectivity index (χ1) is 7.72. The van der Waals surface area contributed by atoms with Gasteiger partial charge >= 0.3 is 5.69 Å². The summed E-state index contributed by atoms with van der Waals surface area (Å²) >= 11 is 0. The number of nitrogens with one attached hydrogen (secondary N) is 2. The second kappa shape index (κ2) is 3.33. The molecular weight excluding hydrogens is 206 g/mol. The normalized spacial score (nSPS) is 24.3. The molecule has 1 aliphatic carbocycles. The van der Waals surface area contributed by atoms with E-state index in [0.717, 1.165) is 11.7 Å². The molecule has 0 amide bonds. The van der Waals surface area contributed by atoms with E-state index in [4.69, 9.17) is 0 Å². The maximum atomic E-state index is 11.2. The predicted molar refractivity (Wildman–Crippen MR) is 59.4 cm³/mol. The van der Waals surface area contributed by atoms with Gasteiger partial charge < -0.3 is 5.32 Å². The van der Waals surface area contributed by atoms with Gasteiger partial charge in [0.2, 0.25) is 0 Å². The Hall–Kier alpha value is -1.85. The second-order valence-corrected chi connectivity index (χ2v) is 4.45. The van der Waals surface area contributed by atoms with Crippen molar-refractivity contribution in [1.29, 1.82) is 0 Å². The maximum absolute atomic E-state index is 11.2. The molecule has 0 bridgehead atoms. The summed E-state index contributed by atoms with van der Waals surface area (Å²) in [7, 11) is 0. The predicted octanol–water partition coefficient (Wildman–Crippen LogP) is 0.628. The van der Waals surface area contributed by atoms with Crippen LogP contribution in [0.1, 0.15) is 19.8 Å². The van der Waals surface area contributed by atoms with Crippen molar-refractivity contribution in [2.24, 2.45) is 5.92 Å². The molecule has 1 aliphatic rings. The summed E-state index contributed by atoms with van der Waals surface area (Å²) in [6.45, 7) is 2.24. The summed E-state index contributed by atoms with van der Waals surface area (Å²) in [4.78, 5) is 15.4. The average Bonchev–Trinajstić information content (AvgIpc) is 2.58.